The van der Waals surface area contributed by atoms with Gasteiger partial charge in [-0.2, -0.15) is 5.10 Å². The molecule has 19 heavy (non-hydrogen) atoms. The Balaban J connectivity index is 2.73. The van der Waals surface area contributed by atoms with Crippen LogP contribution in [-0.4, -0.2) is 14.3 Å². The van der Waals surface area contributed by atoms with Crippen LogP contribution in [0.5, 0.6) is 0 Å². The number of allylic oxidation sites excluding steroid dienone is 3. The maximum atomic E-state index is 6.20. The fraction of sp³-hybridized carbons (Fsp3) is 0.267. The number of nitrogens with zero attached hydrogens (tertiary/aromatic N) is 3. The van der Waals surface area contributed by atoms with Gasteiger partial charge in [0.05, 0.1) is 17.1 Å². The smallest absolute Gasteiger partial charge is 0.164 e. The summed E-state index contributed by atoms with van der Waals surface area (Å²) in [6.45, 7) is 12.0. The van der Waals surface area contributed by atoms with Crippen LogP contribution in [0.2, 0.25) is 0 Å². The summed E-state index contributed by atoms with van der Waals surface area (Å²) in [5, 5.41) is 4.49. The summed E-state index contributed by atoms with van der Waals surface area (Å²) in [5.74, 6) is 0.862. The van der Waals surface area contributed by atoms with Gasteiger partial charge in [0, 0.05) is 11.4 Å². The summed E-state index contributed by atoms with van der Waals surface area (Å²) in [6, 6.07) is 4.14. The predicted octanol–water partition coefficient (Wildman–Crippen LogP) is 3.23. The first kappa shape index (κ1) is 13.2. The third-order valence-electron chi connectivity index (χ3n) is 3.20. The standard InChI is InChI=1S/C15H20N4/c1-6-7-12(4)19-15(14(16)13(5)17-19)18-10(2)8-9-11(18)3/h6-9H,4,16H2,1-3,5H3/b7-6-. The van der Waals surface area contributed by atoms with Crippen molar-refractivity contribution in [2.75, 3.05) is 5.73 Å². The molecule has 0 saturated carbocycles. The second kappa shape index (κ2) is 4.80. The largest absolute Gasteiger partial charge is 0.394 e. The number of aromatic nitrogens is 3. The van der Waals surface area contributed by atoms with Crippen molar-refractivity contribution in [2.45, 2.75) is 27.7 Å². The fourth-order valence-corrected chi connectivity index (χ4v) is 2.21. The van der Waals surface area contributed by atoms with Crippen LogP contribution in [0.15, 0.2) is 30.9 Å². The minimum atomic E-state index is 0.688. The Hall–Kier alpha value is -2.23. The number of nitrogens with two attached hydrogens (primary N) is 1. The molecule has 4 heteroatoms. The molecule has 0 unspecified atom stereocenters. The van der Waals surface area contributed by atoms with Crippen LogP contribution in [0.1, 0.15) is 24.0 Å². The van der Waals surface area contributed by atoms with E-state index in [4.69, 9.17) is 5.73 Å². The van der Waals surface area contributed by atoms with Gasteiger partial charge in [0.2, 0.25) is 0 Å². The topological polar surface area (TPSA) is 48.8 Å². The van der Waals surface area contributed by atoms with E-state index in [0.29, 0.717) is 5.69 Å². The van der Waals surface area contributed by atoms with Crippen molar-refractivity contribution in [1.82, 2.24) is 14.3 Å². The molecule has 2 N–H and O–H groups in total. The zero-order chi connectivity index (χ0) is 14.2. The van der Waals surface area contributed by atoms with E-state index in [0.717, 1.165) is 28.6 Å². The van der Waals surface area contributed by atoms with Gasteiger partial charge in [0.15, 0.2) is 5.82 Å². The molecule has 2 rings (SSSR count). The molecule has 4 nitrogen and oxygen atoms in total. The lowest BCUT2D eigenvalue weighted by Gasteiger charge is -2.13. The number of aryl methyl sites for hydroxylation is 3. The summed E-state index contributed by atoms with van der Waals surface area (Å²) >= 11 is 0. The molecule has 0 spiro atoms. The van der Waals surface area contributed by atoms with Crippen LogP contribution in [0.25, 0.3) is 11.5 Å². The van der Waals surface area contributed by atoms with Crippen LogP contribution in [0.3, 0.4) is 0 Å². The van der Waals surface area contributed by atoms with Crippen LogP contribution < -0.4 is 5.73 Å². The number of rotatable bonds is 3. The summed E-state index contributed by atoms with van der Waals surface area (Å²) < 4.78 is 3.90. The highest BCUT2D eigenvalue weighted by Crippen LogP contribution is 2.27. The van der Waals surface area contributed by atoms with Gasteiger partial charge in [-0.15, -0.1) is 0 Å². The molecule has 0 aliphatic carbocycles. The first-order valence-electron chi connectivity index (χ1n) is 6.29. The van der Waals surface area contributed by atoms with Crippen molar-refractivity contribution in [3.8, 4) is 5.82 Å². The molecule has 2 aromatic rings. The lowest BCUT2D eigenvalue weighted by Crippen LogP contribution is -2.09. The zero-order valence-corrected chi connectivity index (χ0v) is 11.9. The maximum Gasteiger partial charge on any atom is 0.164 e. The molecule has 0 atom stereocenters. The number of anilines is 1. The Labute approximate surface area is 113 Å². The Kier molecular flexibility index (Phi) is 3.34. The van der Waals surface area contributed by atoms with Crippen LogP contribution in [-0.2, 0) is 0 Å². The molecule has 2 aromatic heterocycles. The predicted molar refractivity (Wildman–Crippen MR) is 80.3 cm³/mol. The highest BCUT2D eigenvalue weighted by molar-refractivity contribution is 5.67. The average Bonchev–Trinajstić information content (AvgIpc) is 2.82. The van der Waals surface area contributed by atoms with E-state index in [1.807, 2.05) is 26.0 Å². The zero-order valence-electron chi connectivity index (χ0n) is 11.9. The summed E-state index contributed by atoms with van der Waals surface area (Å²) in [5.41, 5.74) is 10.7. The molecule has 0 aliphatic rings. The number of hydrogen-bond acceptors (Lipinski definition) is 2. The Morgan fingerprint density at radius 1 is 1.26 bits per heavy atom. The van der Waals surface area contributed by atoms with Crippen LogP contribution in [0, 0.1) is 20.8 Å². The van der Waals surface area contributed by atoms with E-state index in [-0.39, 0.29) is 0 Å². The van der Waals surface area contributed by atoms with Crippen molar-refractivity contribution in [3.05, 3.63) is 47.9 Å². The van der Waals surface area contributed by atoms with Gasteiger partial charge in [-0.1, -0.05) is 12.7 Å². The van der Waals surface area contributed by atoms with Gasteiger partial charge in [-0.25, -0.2) is 4.68 Å². The molecular weight excluding hydrogens is 236 g/mol. The Morgan fingerprint density at radius 2 is 1.84 bits per heavy atom. The lowest BCUT2D eigenvalue weighted by molar-refractivity contribution is 0.813. The van der Waals surface area contributed by atoms with Crippen molar-refractivity contribution in [3.63, 3.8) is 0 Å². The maximum absolute atomic E-state index is 6.20. The normalized spacial score (nSPS) is 11.4. The SMILES string of the molecule is C=C(/C=C\C)n1nc(C)c(N)c1-n1c(C)ccc1C. The fourth-order valence-electron chi connectivity index (χ4n) is 2.21. The summed E-state index contributed by atoms with van der Waals surface area (Å²) in [4.78, 5) is 0. The highest BCUT2D eigenvalue weighted by atomic mass is 15.4. The van der Waals surface area contributed by atoms with E-state index in [1.165, 1.54) is 0 Å². The van der Waals surface area contributed by atoms with Gasteiger partial charge in [-0.05, 0) is 45.9 Å². The molecule has 0 fully saturated rings. The van der Waals surface area contributed by atoms with E-state index in [1.54, 1.807) is 4.68 Å². The van der Waals surface area contributed by atoms with Crippen molar-refractivity contribution < 1.29 is 0 Å². The molecule has 0 amide bonds. The first-order valence-corrected chi connectivity index (χ1v) is 6.29. The van der Waals surface area contributed by atoms with Gasteiger partial charge in [0.1, 0.15) is 0 Å². The van der Waals surface area contributed by atoms with Gasteiger partial charge >= 0.3 is 0 Å². The number of hydrogen-bond donors (Lipinski definition) is 1. The summed E-state index contributed by atoms with van der Waals surface area (Å²) in [6.07, 6.45) is 3.86. The van der Waals surface area contributed by atoms with Gasteiger partial charge in [0.25, 0.3) is 0 Å². The molecule has 0 bridgehead atoms. The van der Waals surface area contributed by atoms with E-state index in [9.17, 15) is 0 Å². The summed E-state index contributed by atoms with van der Waals surface area (Å²) in [7, 11) is 0. The second-order valence-electron chi connectivity index (χ2n) is 4.68. The van der Waals surface area contributed by atoms with E-state index >= 15 is 0 Å². The van der Waals surface area contributed by atoms with Crippen molar-refractivity contribution >= 4 is 11.4 Å². The quantitative estimate of drug-likeness (QED) is 0.857. The van der Waals surface area contributed by atoms with Gasteiger partial charge in [-0.3, -0.25) is 0 Å². The monoisotopic (exact) mass is 256 g/mol. The van der Waals surface area contributed by atoms with E-state index < -0.39 is 0 Å². The van der Waals surface area contributed by atoms with Crippen molar-refractivity contribution in [1.29, 1.82) is 0 Å². The minimum Gasteiger partial charge on any atom is -0.394 e. The third-order valence-corrected chi connectivity index (χ3v) is 3.20. The average molecular weight is 256 g/mol. The van der Waals surface area contributed by atoms with E-state index in [2.05, 4.69) is 42.2 Å². The molecule has 0 saturated heterocycles. The first-order chi connectivity index (χ1) is 8.97. The van der Waals surface area contributed by atoms with Crippen molar-refractivity contribution in [2.24, 2.45) is 0 Å². The molecule has 2 heterocycles. The lowest BCUT2D eigenvalue weighted by atomic mass is 10.3. The number of nitrogen functional groups attached to an aromatic ring is 1. The third kappa shape index (κ3) is 2.10. The Bertz CT molecular complexity index is 636. The highest BCUT2D eigenvalue weighted by Gasteiger charge is 2.17. The molecule has 0 aromatic carbocycles. The molecule has 0 radical (unpaired) electrons. The Morgan fingerprint density at radius 3 is 2.37 bits per heavy atom. The molecular formula is C15H20N4. The molecule has 100 valence electrons. The van der Waals surface area contributed by atoms with Gasteiger partial charge < -0.3 is 10.3 Å². The minimum absolute atomic E-state index is 0.688. The van der Waals surface area contributed by atoms with Crippen LogP contribution in [0.4, 0.5) is 5.69 Å². The van der Waals surface area contributed by atoms with Crippen LogP contribution >= 0.6 is 0 Å². The second-order valence-corrected chi connectivity index (χ2v) is 4.68. The molecule has 0 aliphatic heterocycles.